The first-order valence-electron chi connectivity index (χ1n) is 7.52. The van der Waals surface area contributed by atoms with Gasteiger partial charge in [-0.05, 0) is 47.4 Å². The molecule has 0 radical (unpaired) electrons. The molecule has 2 aromatic rings. The predicted octanol–water partition coefficient (Wildman–Crippen LogP) is 3.72. The Hall–Kier alpha value is -1.62. The van der Waals surface area contributed by atoms with Crippen molar-refractivity contribution in [1.82, 2.24) is 20.2 Å². The third kappa shape index (κ3) is 2.88. The molecule has 3 rings (SSSR count). The Kier molecular flexibility index (Phi) is 4.10. The zero-order valence-corrected chi connectivity index (χ0v) is 12.9. The lowest BCUT2D eigenvalue weighted by Crippen LogP contribution is -2.21. The zero-order valence-electron chi connectivity index (χ0n) is 12.2. The zero-order chi connectivity index (χ0) is 14.8. The van der Waals surface area contributed by atoms with E-state index in [0.717, 1.165) is 30.1 Å². The summed E-state index contributed by atoms with van der Waals surface area (Å²) in [4.78, 5) is 0. The number of nitrogens with two attached hydrogens (primary N) is 1. The second-order valence-electron chi connectivity index (χ2n) is 5.77. The van der Waals surface area contributed by atoms with Crippen molar-refractivity contribution in [2.75, 3.05) is 5.73 Å². The number of anilines is 1. The van der Waals surface area contributed by atoms with Crippen LogP contribution in [0.5, 0.6) is 0 Å². The van der Waals surface area contributed by atoms with E-state index in [2.05, 4.69) is 22.4 Å². The summed E-state index contributed by atoms with van der Waals surface area (Å²) in [6, 6.07) is 5.76. The van der Waals surface area contributed by atoms with Crippen molar-refractivity contribution >= 4 is 17.3 Å². The Balaban J connectivity index is 1.95. The van der Waals surface area contributed by atoms with Gasteiger partial charge in [0.25, 0.3) is 0 Å². The van der Waals surface area contributed by atoms with Crippen molar-refractivity contribution < 1.29 is 0 Å². The average molecular weight is 306 g/mol. The second kappa shape index (κ2) is 6.02. The van der Waals surface area contributed by atoms with Gasteiger partial charge in [-0.2, -0.15) is 0 Å². The lowest BCUT2D eigenvalue weighted by molar-refractivity contribution is 0.246. The molecule has 1 fully saturated rings. The minimum atomic E-state index is 0.354. The van der Waals surface area contributed by atoms with E-state index in [0.29, 0.717) is 16.8 Å². The minimum Gasteiger partial charge on any atom is -0.398 e. The third-order valence-corrected chi connectivity index (χ3v) is 4.66. The summed E-state index contributed by atoms with van der Waals surface area (Å²) in [7, 11) is 0. The molecule has 1 aromatic carbocycles. The number of halogens is 1. The van der Waals surface area contributed by atoms with Crippen LogP contribution in [0.1, 0.15) is 45.1 Å². The van der Waals surface area contributed by atoms with E-state index < -0.39 is 0 Å². The molecule has 0 saturated heterocycles. The minimum absolute atomic E-state index is 0.354. The van der Waals surface area contributed by atoms with E-state index in [1.165, 1.54) is 19.3 Å². The van der Waals surface area contributed by atoms with Crippen LogP contribution in [0.25, 0.3) is 11.4 Å². The molecule has 0 bridgehead atoms. The summed E-state index contributed by atoms with van der Waals surface area (Å²) in [5.41, 5.74) is 7.53. The van der Waals surface area contributed by atoms with Crippen LogP contribution < -0.4 is 5.73 Å². The highest BCUT2D eigenvalue weighted by Crippen LogP contribution is 2.36. The molecular formula is C15H20ClN5. The van der Waals surface area contributed by atoms with E-state index in [1.54, 1.807) is 12.1 Å². The molecular weight excluding hydrogens is 286 g/mol. The summed E-state index contributed by atoms with van der Waals surface area (Å²) >= 11 is 6.08. The van der Waals surface area contributed by atoms with Crippen LogP contribution in [0, 0.1) is 5.92 Å². The van der Waals surface area contributed by atoms with Gasteiger partial charge < -0.3 is 5.73 Å². The molecule has 1 saturated carbocycles. The van der Waals surface area contributed by atoms with Crippen molar-refractivity contribution in [3.05, 3.63) is 23.2 Å². The van der Waals surface area contributed by atoms with E-state index in [-0.39, 0.29) is 0 Å². The van der Waals surface area contributed by atoms with Gasteiger partial charge in [0.05, 0.1) is 6.04 Å². The number of nitrogens with zero attached hydrogens (tertiary/aromatic N) is 4. The normalized spacial score (nSPS) is 22.4. The first-order chi connectivity index (χ1) is 10.2. The lowest BCUT2D eigenvalue weighted by Gasteiger charge is -2.28. The van der Waals surface area contributed by atoms with Crippen LogP contribution >= 0.6 is 11.6 Å². The van der Waals surface area contributed by atoms with Crippen LogP contribution in [-0.4, -0.2) is 20.2 Å². The number of hydrogen-bond acceptors (Lipinski definition) is 4. The molecule has 112 valence electrons. The molecule has 1 aliphatic rings. The summed E-state index contributed by atoms with van der Waals surface area (Å²) < 4.78 is 1.93. The topological polar surface area (TPSA) is 69.6 Å². The number of tetrazole rings is 1. The van der Waals surface area contributed by atoms with Crippen LogP contribution in [0.3, 0.4) is 0 Å². The molecule has 0 amide bonds. The average Bonchev–Trinajstić information content (AvgIpc) is 2.99. The monoisotopic (exact) mass is 305 g/mol. The van der Waals surface area contributed by atoms with Crippen LogP contribution in [0.2, 0.25) is 5.02 Å². The van der Waals surface area contributed by atoms with Gasteiger partial charge in [-0.15, -0.1) is 5.10 Å². The fraction of sp³-hybridized carbons (Fsp3) is 0.533. The summed E-state index contributed by atoms with van der Waals surface area (Å²) in [6.07, 6.45) is 6.01. The Morgan fingerprint density at radius 2 is 2.24 bits per heavy atom. The van der Waals surface area contributed by atoms with Gasteiger partial charge in [-0.25, -0.2) is 4.68 Å². The SMILES string of the molecule is CCC1CCCC(n2nnnc2-c2cc(Cl)ccc2N)C1. The summed E-state index contributed by atoms with van der Waals surface area (Å²) in [5, 5.41) is 12.9. The van der Waals surface area contributed by atoms with Gasteiger partial charge in [0.1, 0.15) is 0 Å². The van der Waals surface area contributed by atoms with Gasteiger partial charge in [0.15, 0.2) is 5.82 Å². The van der Waals surface area contributed by atoms with Crippen LogP contribution in [-0.2, 0) is 0 Å². The molecule has 21 heavy (non-hydrogen) atoms. The number of benzene rings is 1. The van der Waals surface area contributed by atoms with E-state index in [4.69, 9.17) is 17.3 Å². The molecule has 2 N–H and O–H groups in total. The second-order valence-corrected chi connectivity index (χ2v) is 6.21. The summed E-state index contributed by atoms with van der Waals surface area (Å²) in [5.74, 6) is 1.48. The molecule has 1 aromatic heterocycles. The van der Waals surface area contributed by atoms with E-state index >= 15 is 0 Å². The number of rotatable bonds is 3. The van der Waals surface area contributed by atoms with Crippen molar-refractivity contribution in [2.24, 2.45) is 5.92 Å². The first-order valence-corrected chi connectivity index (χ1v) is 7.90. The molecule has 0 aliphatic heterocycles. The largest absolute Gasteiger partial charge is 0.398 e. The molecule has 2 unspecified atom stereocenters. The van der Waals surface area contributed by atoms with E-state index in [1.807, 2.05) is 10.7 Å². The molecule has 0 spiro atoms. The smallest absolute Gasteiger partial charge is 0.184 e. The Morgan fingerprint density at radius 1 is 1.38 bits per heavy atom. The van der Waals surface area contributed by atoms with Gasteiger partial charge in [0, 0.05) is 16.3 Å². The quantitative estimate of drug-likeness (QED) is 0.877. The van der Waals surface area contributed by atoms with Crippen LogP contribution in [0.15, 0.2) is 18.2 Å². The number of nitrogen functional groups attached to an aromatic ring is 1. The number of hydrogen-bond donors (Lipinski definition) is 1. The molecule has 1 aliphatic carbocycles. The maximum Gasteiger partial charge on any atom is 0.184 e. The van der Waals surface area contributed by atoms with Crippen molar-refractivity contribution in [2.45, 2.75) is 45.1 Å². The van der Waals surface area contributed by atoms with Crippen molar-refractivity contribution in [1.29, 1.82) is 0 Å². The molecule has 1 heterocycles. The highest BCUT2D eigenvalue weighted by Gasteiger charge is 2.26. The standard InChI is InChI=1S/C15H20ClN5/c1-2-10-4-3-5-12(8-10)21-15(18-19-20-21)13-9-11(16)6-7-14(13)17/h6-7,9-10,12H,2-5,8,17H2,1H3. The van der Waals surface area contributed by atoms with Crippen molar-refractivity contribution in [3.63, 3.8) is 0 Å². The fourth-order valence-electron chi connectivity index (χ4n) is 3.19. The highest BCUT2D eigenvalue weighted by atomic mass is 35.5. The third-order valence-electron chi connectivity index (χ3n) is 4.43. The Bertz CT molecular complexity index is 624. The molecule has 5 nitrogen and oxygen atoms in total. The summed E-state index contributed by atoms with van der Waals surface area (Å²) in [6.45, 7) is 2.25. The van der Waals surface area contributed by atoms with Crippen molar-refractivity contribution in [3.8, 4) is 11.4 Å². The fourth-order valence-corrected chi connectivity index (χ4v) is 3.37. The van der Waals surface area contributed by atoms with Gasteiger partial charge >= 0.3 is 0 Å². The van der Waals surface area contributed by atoms with Gasteiger partial charge in [-0.1, -0.05) is 37.8 Å². The Labute approximate surface area is 129 Å². The molecule has 2 atom stereocenters. The number of aromatic nitrogens is 4. The van der Waals surface area contributed by atoms with Crippen LogP contribution in [0.4, 0.5) is 5.69 Å². The maximum absolute atomic E-state index is 6.08. The Morgan fingerprint density at radius 3 is 3.05 bits per heavy atom. The lowest BCUT2D eigenvalue weighted by atomic mass is 9.84. The van der Waals surface area contributed by atoms with Gasteiger partial charge in [-0.3, -0.25) is 0 Å². The predicted molar refractivity (Wildman–Crippen MR) is 84.0 cm³/mol. The maximum atomic E-state index is 6.08. The van der Waals surface area contributed by atoms with E-state index in [9.17, 15) is 0 Å². The molecule has 6 heteroatoms. The first kappa shape index (κ1) is 14.3. The van der Waals surface area contributed by atoms with Gasteiger partial charge in [0.2, 0.25) is 0 Å². The highest BCUT2D eigenvalue weighted by molar-refractivity contribution is 6.31.